The van der Waals surface area contributed by atoms with Gasteiger partial charge in [-0.15, -0.1) is 0 Å². The fourth-order valence-corrected chi connectivity index (χ4v) is 2.98. The predicted octanol–water partition coefficient (Wildman–Crippen LogP) is 2.83. The Balaban J connectivity index is 1.63. The monoisotopic (exact) mass is 333 g/mol. The topological polar surface area (TPSA) is 44.8 Å². The second kappa shape index (κ2) is 9.52. The minimum Gasteiger partial charge on any atom is -0.492 e. The lowest BCUT2D eigenvalue weighted by atomic mass is 10.0. The summed E-state index contributed by atoms with van der Waals surface area (Å²) in [6.07, 6.45) is 2.07. The van der Waals surface area contributed by atoms with Gasteiger partial charge in [0.05, 0.1) is 6.54 Å². The Kier molecular flexibility index (Phi) is 7.37. The van der Waals surface area contributed by atoms with Crippen LogP contribution in [0.1, 0.15) is 26.7 Å². The number of likely N-dealkylation sites (tertiary alicyclic amines) is 1. The second-order valence-electron chi connectivity index (χ2n) is 7.00. The summed E-state index contributed by atoms with van der Waals surface area (Å²) in [4.78, 5) is 16.4. The summed E-state index contributed by atoms with van der Waals surface area (Å²) in [6, 6.07) is 9.97. The number of carbonyl (C=O) groups excluding carboxylic acids is 1. The molecule has 0 spiro atoms. The highest BCUT2D eigenvalue weighted by Crippen LogP contribution is 2.12. The molecule has 2 rings (SSSR count). The maximum atomic E-state index is 12.3. The van der Waals surface area contributed by atoms with Crippen LogP contribution in [0.5, 0.6) is 5.75 Å². The minimum absolute atomic E-state index is 0.00558. The molecule has 5 nitrogen and oxygen atoms in total. The number of rotatable bonds is 7. The van der Waals surface area contributed by atoms with Crippen molar-refractivity contribution in [3.05, 3.63) is 30.3 Å². The highest BCUT2D eigenvalue weighted by atomic mass is 16.5. The van der Waals surface area contributed by atoms with Crippen LogP contribution in [-0.4, -0.2) is 61.7 Å². The minimum atomic E-state index is -0.00558. The van der Waals surface area contributed by atoms with E-state index in [-0.39, 0.29) is 6.03 Å². The third-order valence-corrected chi connectivity index (χ3v) is 4.32. The third-order valence-electron chi connectivity index (χ3n) is 4.32. The van der Waals surface area contributed by atoms with Crippen LogP contribution in [0.2, 0.25) is 0 Å². The van der Waals surface area contributed by atoms with Crippen molar-refractivity contribution in [2.24, 2.45) is 5.92 Å². The van der Waals surface area contributed by atoms with Gasteiger partial charge < -0.3 is 19.9 Å². The van der Waals surface area contributed by atoms with E-state index in [9.17, 15) is 4.79 Å². The van der Waals surface area contributed by atoms with Crippen LogP contribution >= 0.6 is 0 Å². The molecule has 0 saturated carbocycles. The molecule has 2 amide bonds. The summed E-state index contributed by atoms with van der Waals surface area (Å²) in [5.41, 5.74) is 0. The van der Waals surface area contributed by atoms with Crippen molar-refractivity contribution < 1.29 is 9.53 Å². The van der Waals surface area contributed by atoms with Crippen LogP contribution in [0.15, 0.2) is 30.3 Å². The summed E-state index contributed by atoms with van der Waals surface area (Å²) in [6.45, 7) is 8.87. The maximum Gasteiger partial charge on any atom is 0.317 e. The number of hydrogen-bond donors (Lipinski definition) is 1. The Bertz CT molecular complexity index is 485. The molecular formula is C19H31N3O2. The normalized spacial score (nSPS) is 16.2. The molecule has 24 heavy (non-hydrogen) atoms. The fourth-order valence-electron chi connectivity index (χ4n) is 2.98. The van der Waals surface area contributed by atoms with Crippen molar-refractivity contribution in [2.45, 2.75) is 32.7 Å². The van der Waals surface area contributed by atoms with E-state index in [1.54, 1.807) is 4.90 Å². The van der Waals surface area contributed by atoms with E-state index < -0.39 is 0 Å². The molecule has 0 radical (unpaired) electrons. The standard InChI is InChI=1S/C19H31N3O2/c1-16(2)15-22-11-9-17(10-12-22)20-19(23)21(3)13-14-24-18-7-5-4-6-8-18/h4-8,16-17H,9-15H2,1-3H3,(H,20,23). The summed E-state index contributed by atoms with van der Waals surface area (Å²) in [5.74, 6) is 1.54. The molecule has 0 atom stereocenters. The smallest absolute Gasteiger partial charge is 0.317 e. The largest absolute Gasteiger partial charge is 0.492 e. The van der Waals surface area contributed by atoms with Gasteiger partial charge in [0, 0.05) is 32.7 Å². The van der Waals surface area contributed by atoms with Crippen LogP contribution in [-0.2, 0) is 0 Å². The van der Waals surface area contributed by atoms with Gasteiger partial charge in [-0.25, -0.2) is 4.79 Å². The van der Waals surface area contributed by atoms with E-state index in [4.69, 9.17) is 4.74 Å². The van der Waals surface area contributed by atoms with E-state index >= 15 is 0 Å². The highest BCUT2D eigenvalue weighted by Gasteiger charge is 2.22. The number of ether oxygens (including phenoxy) is 1. The molecule has 1 saturated heterocycles. The van der Waals surface area contributed by atoms with E-state index in [1.165, 1.54) is 0 Å². The number of nitrogens with zero attached hydrogens (tertiary/aromatic N) is 2. The van der Waals surface area contributed by atoms with Gasteiger partial charge in [-0.1, -0.05) is 32.0 Å². The zero-order valence-electron chi connectivity index (χ0n) is 15.2. The number of para-hydroxylation sites is 1. The second-order valence-corrected chi connectivity index (χ2v) is 7.00. The van der Waals surface area contributed by atoms with Crippen molar-refractivity contribution in [3.63, 3.8) is 0 Å². The van der Waals surface area contributed by atoms with Crippen molar-refractivity contribution >= 4 is 6.03 Å². The Morgan fingerprint density at radius 3 is 2.58 bits per heavy atom. The SMILES string of the molecule is CC(C)CN1CCC(NC(=O)N(C)CCOc2ccccc2)CC1. The summed E-state index contributed by atoms with van der Waals surface area (Å²) >= 11 is 0. The fraction of sp³-hybridized carbons (Fsp3) is 0.632. The molecule has 0 aromatic heterocycles. The van der Waals surface area contributed by atoms with Gasteiger partial charge in [0.15, 0.2) is 0 Å². The summed E-state index contributed by atoms with van der Waals surface area (Å²) in [5, 5.41) is 3.15. The lowest BCUT2D eigenvalue weighted by molar-refractivity contribution is 0.164. The van der Waals surface area contributed by atoms with Crippen molar-refractivity contribution in [2.75, 3.05) is 39.8 Å². The molecule has 1 N–H and O–H groups in total. The van der Waals surface area contributed by atoms with Gasteiger partial charge in [-0.2, -0.15) is 0 Å². The van der Waals surface area contributed by atoms with Gasteiger partial charge in [0.25, 0.3) is 0 Å². The quantitative estimate of drug-likeness (QED) is 0.834. The maximum absolute atomic E-state index is 12.3. The van der Waals surface area contributed by atoms with E-state index in [2.05, 4.69) is 24.1 Å². The first kappa shape index (κ1) is 18.6. The van der Waals surface area contributed by atoms with Gasteiger partial charge in [0.2, 0.25) is 0 Å². The van der Waals surface area contributed by atoms with Gasteiger partial charge in [-0.05, 0) is 30.9 Å². The average molecular weight is 333 g/mol. The Labute approximate surface area is 146 Å². The first-order valence-corrected chi connectivity index (χ1v) is 8.96. The molecule has 0 unspecified atom stereocenters. The highest BCUT2D eigenvalue weighted by molar-refractivity contribution is 5.74. The lowest BCUT2D eigenvalue weighted by Crippen LogP contribution is -2.49. The number of urea groups is 1. The number of piperidine rings is 1. The zero-order chi connectivity index (χ0) is 17.4. The Hall–Kier alpha value is -1.75. The number of benzene rings is 1. The third kappa shape index (κ3) is 6.40. The molecule has 1 heterocycles. The lowest BCUT2D eigenvalue weighted by Gasteiger charge is -2.34. The van der Waals surface area contributed by atoms with Crippen molar-refractivity contribution in [3.8, 4) is 5.75 Å². The number of amides is 2. The Morgan fingerprint density at radius 2 is 1.96 bits per heavy atom. The number of nitrogens with one attached hydrogen (secondary N) is 1. The molecule has 0 bridgehead atoms. The first-order chi connectivity index (χ1) is 11.5. The zero-order valence-corrected chi connectivity index (χ0v) is 15.2. The van der Waals surface area contributed by atoms with Crippen LogP contribution in [0.3, 0.4) is 0 Å². The number of hydrogen-bond acceptors (Lipinski definition) is 3. The van der Waals surface area contributed by atoms with E-state index in [0.29, 0.717) is 25.1 Å². The first-order valence-electron chi connectivity index (χ1n) is 8.96. The van der Waals surface area contributed by atoms with Crippen LogP contribution in [0.4, 0.5) is 4.79 Å². The Morgan fingerprint density at radius 1 is 1.29 bits per heavy atom. The van der Waals surface area contributed by atoms with Crippen molar-refractivity contribution in [1.29, 1.82) is 0 Å². The predicted molar refractivity (Wildman–Crippen MR) is 97.4 cm³/mol. The number of carbonyl (C=O) groups is 1. The molecule has 134 valence electrons. The molecule has 1 aromatic carbocycles. The molecule has 5 heteroatoms. The van der Waals surface area contributed by atoms with Crippen molar-refractivity contribution in [1.82, 2.24) is 15.1 Å². The summed E-state index contributed by atoms with van der Waals surface area (Å²) in [7, 11) is 1.82. The molecular weight excluding hydrogens is 302 g/mol. The molecule has 1 fully saturated rings. The van der Waals surface area contributed by atoms with Gasteiger partial charge in [-0.3, -0.25) is 0 Å². The van der Waals surface area contributed by atoms with E-state index in [1.807, 2.05) is 37.4 Å². The molecule has 1 aliphatic heterocycles. The average Bonchev–Trinajstić information content (AvgIpc) is 2.57. The number of likely N-dealkylation sites (N-methyl/N-ethyl adjacent to an activating group) is 1. The van der Waals surface area contributed by atoms with Crippen LogP contribution < -0.4 is 10.1 Å². The van der Waals surface area contributed by atoms with Crippen LogP contribution in [0, 0.1) is 5.92 Å². The van der Waals surface area contributed by atoms with Gasteiger partial charge in [0.1, 0.15) is 12.4 Å². The molecule has 0 aliphatic carbocycles. The van der Waals surface area contributed by atoms with Gasteiger partial charge >= 0.3 is 6.03 Å². The van der Waals surface area contributed by atoms with Crippen LogP contribution in [0.25, 0.3) is 0 Å². The van der Waals surface area contributed by atoms with E-state index in [0.717, 1.165) is 38.2 Å². The summed E-state index contributed by atoms with van der Waals surface area (Å²) < 4.78 is 5.64. The molecule has 1 aromatic rings. The molecule has 1 aliphatic rings.